The maximum Gasteiger partial charge on any atom is 0.251 e. The van der Waals surface area contributed by atoms with Gasteiger partial charge < -0.3 is 5.32 Å². The van der Waals surface area contributed by atoms with Gasteiger partial charge in [0.25, 0.3) is 5.91 Å². The molecule has 1 amide bonds. The van der Waals surface area contributed by atoms with Crippen molar-refractivity contribution in [3.8, 4) is 0 Å². The van der Waals surface area contributed by atoms with Gasteiger partial charge in [0.2, 0.25) is 10.0 Å². The molecule has 2 aromatic rings. The number of halogens is 1. The summed E-state index contributed by atoms with van der Waals surface area (Å²) >= 11 is 6.20. The maximum absolute atomic E-state index is 12.4. The van der Waals surface area contributed by atoms with Crippen LogP contribution in [0.4, 0.5) is 5.69 Å². The number of benzene rings is 2. The highest BCUT2D eigenvalue weighted by Crippen LogP contribution is 2.24. The Morgan fingerprint density at radius 1 is 1.10 bits per heavy atom. The van der Waals surface area contributed by atoms with Gasteiger partial charge in [-0.15, -0.1) is 0 Å². The number of carbonyl (C=O) groups excluding carboxylic acids is 1. The highest BCUT2D eigenvalue weighted by Gasteiger charge is 2.19. The zero-order valence-corrected chi connectivity index (χ0v) is 18.7. The molecule has 1 N–H and O–H groups in total. The fourth-order valence-electron chi connectivity index (χ4n) is 3.53. The van der Waals surface area contributed by atoms with Gasteiger partial charge in [0.05, 0.1) is 18.5 Å². The molecule has 0 heterocycles. The van der Waals surface area contributed by atoms with Crippen LogP contribution in [0.2, 0.25) is 5.02 Å². The monoisotopic (exact) mass is 446 g/mol. The maximum atomic E-state index is 12.4. The smallest absolute Gasteiger partial charge is 0.251 e. The molecule has 160 valence electrons. The number of hydrogen-bond donors (Lipinski definition) is 1. The van der Waals surface area contributed by atoms with Crippen LogP contribution in [0.5, 0.6) is 0 Å². The van der Waals surface area contributed by atoms with Crippen LogP contribution in [0, 0.1) is 0 Å². The fourth-order valence-corrected chi connectivity index (χ4v) is 4.60. The Morgan fingerprint density at radius 3 is 2.47 bits per heavy atom. The summed E-state index contributed by atoms with van der Waals surface area (Å²) in [7, 11) is -3.52. The quantitative estimate of drug-likeness (QED) is 0.585. The van der Waals surface area contributed by atoms with Crippen molar-refractivity contribution < 1.29 is 13.2 Å². The van der Waals surface area contributed by atoms with Crippen molar-refractivity contribution in [3.05, 3.63) is 76.3 Å². The van der Waals surface area contributed by atoms with Crippen LogP contribution < -0.4 is 9.62 Å². The van der Waals surface area contributed by atoms with Crippen molar-refractivity contribution in [2.75, 3.05) is 17.1 Å². The van der Waals surface area contributed by atoms with Gasteiger partial charge in [-0.2, -0.15) is 0 Å². The first-order valence-corrected chi connectivity index (χ1v) is 12.3. The van der Waals surface area contributed by atoms with E-state index < -0.39 is 10.0 Å². The van der Waals surface area contributed by atoms with Crippen LogP contribution in [0.15, 0.2) is 60.2 Å². The fraction of sp³-hybridized carbons (Fsp3) is 0.348. The molecule has 0 saturated heterocycles. The van der Waals surface area contributed by atoms with Crippen LogP contribution in [0.1, 0.15) is 48.0 Å². The first kappa shape index (κ1) is 22.4. The molecule has 30 heavy (non-hydrogen) atoms. The number of allylic oxidation sites excluding steroid dienone is 1. The lowest BCUT2D eigenvalue weighted by Gasteiger charge is -2.23. The Balaban J connectivity index is 1.66. The Hall–Kier alpha value is -2.31. The summed E-state index contributed by atoms with van der Waals surface area (Å²) in [4.78, 5) is 12.4. The second-order valence-electron chi connectivity index (χ2n) is 7.52. The Labute approximate surface area is 183 Å². The molecule has 0 radical (unpaired) electrons. The molecule has 3 rings (SSSR count). The van der Waals surface area contributed by atoms with E-state index in [1.807, 2.05) is 6.07 Å². The molecule has 0 unspecified atom stereocenters. The van der Waals surface area contributed by atoms with Crippen molar-refractivity contribution in [3.63, 3.8) is 0 Å². The van der Waals surface area contributed by atoms with E-state index in [1.54, 1.807) is 42.5 Å². The van der Waals surface area contributed by atoms with E-state index >= 15 is 0 Å². The van der Waals surface area contributed by atoms with E-state index in [0.717, 1.165) is 25.5 Å². The number of nitrogens with zero attached hydrogens (tertiary/aromatic N) is 1. The second-order valence-corrected chi connectivity index (χ2v) is 9.84. The molecule has 0 bridgehead atoms. The standard InChI is InChI=1S/C23H27ClN2O3S/c1-30(28,29)26(17-20-9-5-6-10-22(20)24)21-13-11-19(12-14-21)23(27)25-16-15-18-7-3-2-4-8-18/h5-7,9-14H,2-4,8,15-17H2,1H3,(H,25,27). The van der Waals surface area contributed by atoms with Crippen molar-refractivity contribution >= 4 is 33.2 Å². The van der Waals surface area contributed by atoms with E-state index in [9.17, 15) is 13.2 Å². The SMILES string of the molecule is CS(=O)(=O)N(Cc1ccccc1Cl)c1ccc(C(=O)NCCC2=CCCCC2)cc1. The summed E-state index contributed by atoms with van der Waals surface area (Å²) < 4.78 is 26.0. The normalized spacial score (nSPS) is 14.1. The van der Waals surface area contributed by atoms with E-state index in [-0.39, 0.29) is 12.5 Å². The van der Waals surface area contributed by atoms with Crippen LogP contribution in [0.25, 0.3) is 0 Å². The van der Waals surface area contributed by atoms with Gasteiger partial charge >= 0.3 is 0 Å². The minimum atomic E-state index is -3.52. The molecule has 0 aliphatic heterocycles. The van der Waals surface area contributed by atoms with E-state index in [2.05, 4.69) is 11.4 Å². The minimum absolute atomic E-state index is 0.124. The lowest BCUT2D eigenvalue weighted by atomic mass is 9.97. The minimum Gasteiger partial charge on any atom is -0.352 e. The number of hydrogen-bond acceptors (Lipinski definition) is 3. The van der Waals surface area contributed by atoms with Gasteiger partial charge in [0.1, 0.15) is 0 Å². The third kappa shape index (κ3) is 6.09. The van der Waals surface area contributed by atoms with Crippen molar-refractivity contribution in [2.24, 2.45) is 0 Å². The highest BCUT2D eigenvalue weighted by molar-refractivity contribution is 7.92. The average Bonchev–Trinajstić information content (AvgIpc) is 2.73. The van der Waals surface area contributed by atoms with Gasteiger partial charge in [-0.05, 0) is 68.0 Å². The lowest BCUT2D eigenvalue weighted by molar-refractivity contribution is 0.0954. The van der Waals surface area contributed by atoms with Gasteiger partial charge in [0.15, 0.2) is 0 Å². The van der Waals surface area contributed by atoms with Gasteiger partial charge in [-0.3, -0.25) is 9.10 Å². The summed E-state index contributed by atoms with van der Waals surface area (Å²) in [5.74, 6) is -0.157. The molecule has 7 heteroatoms. The summed E-state index contributed by atoms with van der Waals surface area (Å²) in [5, 5.41) is 3.45. The second kappa shape index (κ2) is 10.1. The van der Waals surface area contributed by atoms with Crippen LogP contribution in [0.3, 0.4) is 0 Å². The first-order chi connectivity index (χ1) is 14.3. The molecular formula is C23H27ClN2O3S. The van der Waals surface area contributed by atoms with E-state index in [0.29, 0.717) is 28.4 Å². The number of rotatable bonds is 8. The number of amides is 1. The van der Waals surface area contributed by atoms with E-state index in [4.69, 9.17) is 11.6 Å². The topological polar surface area (TPSA) is 66.5 Å². The third-order valence-corrected chi connectivity index (χ3v) is 6.72. The van der Waals surface area contributed by atoms with Crippen LogP contribution >= 0.6 is 11.6 Å². The third-order valence-electron chi connectivity index (χ3n) is 5.21. The largest absolute Gasteiger partial charge is 0.352 e. The summed E-state index contributed by atoms with van der Waals surface area (Å²) in [6, 6.07) is 13.7. The number of nitrogens with one attached hydrogen (secondary N) is 1. The summed E-state index contributed by atoms with van der Waals surface area (Å²) in [6.07, 6.45) is 9.06. The molecule has 1 aliphatic rings. The molecule has 5 nitrogen and oxygen atoms in total. The zero-order valence-electron chi connectivity index (χ0n) is 17.1. The number of sulfonamides is 1. The van der Waals surface area contributed by atoms with E-state index in [1.165, 1.54) is 22.7 Å². The Bertz CT molecular complexity index is 1020. The van der Waals surface area contributed by atoms with Crippen LogP contribution in [-0.4, -0.2) is 27.1 Å². The average molecular weight is 447 g/mol. The van der Waals surface area contributed by atoms with Gasteiger partial charge in [-0.25, -0.2) is 8.42 Å². The molecule has 0 aromatic heterocycles. The Kier molecular flexibility index (Phi) is 7.56. The molecule has 1 aliphatic carbocycles. The van der Waals surface area contributed by atoms with Gasteiger partial charge in [0, 0.05) is 17.1 Å². The Morgan fingerprint density at radius 2 is 1.83 bits per heavy atom. The molecule has 0 atom stereocenters. The molecular weight excluding hydrogens is 420 g/mol. The predicted molar refractivity (Wildman–Crippen MR) is 122 cm³/mol. The predicted octanol–water partition coefficient (Wildman–Crippen LogP) is 4.93. The molecule has 0 saturated carbocycles. The molecule has 2 aromatic carbocycles. The van der Waals surface area contributed by atoms with Crippen LogP contribution in [-0.2, 0) is 16.6 Å². The highest BCUT2D eigenvalue weighted by atomic mass is 35.5. The number of carbonyl (C=O) groups is 1. The van der Waals surface area contributed by atoms with Crippen molar-refractivity contribution in [2.45, 2.75) is 38.6 Å². The first-order valence-electron chi connectivity index (χ1n) is 10.1. The zero-order chi connectivity index (χ0) is 21.6. The molecule has 0 fully saturated rings. The van der Waals surface area contributed by atoms with Crippen molar-refractivity contribution in [1.29, 1.82) is 0 Å². The summed E-state index contributed by atoms with van der Waals surface area (Å²) in [5.41, 5.74) is 3.12. The summed E-state index contributed by atoms with van der Waals surface area (Å²) in [6.45, 7) is 0.730. The van der Waals surface area contributed by atoms with Crippen molar-refractivity contribution in [1.82, 2.24) is 5.32 Å². The number of anilines is 1. The lowest BCUT2D eigenvalue weighted by Crippen LogP contribution is -2.29. The van der Waals surface area contributed by atoms with Gasteiger partial charge in [-0.1, -0.05) is 41.4 Å². The molecule has 0 spiro atoms.